The van der Waals surface area contributed by atoms with Gasteiger partial charge in [0.05, 0.1) is 10.8 Å². The maximum Gasteiger partial charge on any atom is 0.171 e. The first kappa shape index (κ1) is 51.5. The van der Waals surface area contributed by atoms with Gasteiger partial charge < -0.3 is 14.0 Å². The summed E-state index contributed by atoms with van der Waals surface area (Å²) in [5.74, 6) is 3.29. The minimum Gasteiger partial charge on any atom is -0.457 e. The van der Waals surface area contributed by atoms with Gasteiger partial charge in [0, 0.05) is 49.3 Å². The maximum atomic E-state index is 15.6. The average molecular weight is 1180 g/mol. The van der Waals surface area contributed by atoms with Crippen LogP contribution in [0.25, 0.3) is 76.8 Å². The smallest absolute Gasteiger partial charge is 0.171 e. The third kappa shape index (κ3) is 7.58. The zero-order valence-corrected chi connectivity index (χ0v) is 49.6. The molecule has 0 saturated heterocycles. The molecule has 5 nitrogen and oxygen atoms in total. The number of nitrogens with zero attached hydrogens (tertiary/aromatic N) is 2. The van der Waals surface area contributed by atoms with E-state index in [4.69, 9.17) is 19.7 Å². The van der Waals surface area contributed by atoms with Crippen LogP contribution in [0.3, 0.4) is 0 Å². The molecular formula is C82H51N2O3PS. The van der Waals surface area contributed by atoms with Crippen molar-refractivity contribution in [1.82, 2.24) is 10.2 Å². The summed E-state index contributed by atoms with van der Waals surface area (Å²) < 4.78 is 29.8. The summed E-state index contributed by atoms with van der Waals surface area (Å²) in [5, 5.41) is 13.7. The summed E-state index contributed by atoms with van der Waals surface area (Å²) in [6, 6.07) is 109. The van der Waals surface area contributed by atoms with Crippen molar-refractivity contribution in [3.63, 3.8) is 0 Å². The molecule has 3 heterocycles. The van der Waals surface area contributed by atoms with Crippen molar-refractivity contribution in [2.45, 2.75) is 10.8 Å². The van der Waals surface area contributed by atoms with E-state index in [0.29, 0.717) is 0 Å². The molecule has 1 aromatic heterocycles. The van der Waals surface area contributed by atoms with Gasteiger partial charge in [-0.3, -0.25) is 0 Å². The second kappa shape index (κ2) is 19.9. The summed E-state index contributed by atoms with van der Waals surface area (Å²) >= 11 is 1.59. The Bertz CT molecular complexity index is 5150. The van der Waals surface area contributed by atoms with Crippen molar-refractivity contribution in [2.75, 3.05) is 0 Å². The number of aromatic nitrogens is 2. The molecule has 0 saturated carbocycles. The summed E-state index contributed by atoms with van der Waals surface area (Å²) in [6.45, 7) is 0. The number of benzene rings is 13. The number of hydrogen-bond acceptors (Lipinski definition) is 6. The van der Waals surface area contributed by atoms with Crippen LogP contribution in [0, 0.1) is 0 Å². The van der Waals surface area contributed by atoms with E-state index in [9.17, 15) is 0 Å². The minimum absolute atomic E-state index is 0.515. The molecule has 2 aliphatic carbocycles. The van der Waals surface area contributed by atoms with Gasteiger partial charge in [-0.25, -0.2) is 0 Å². The van der Waals surface area contributed by atoms with Crippen LogP contribution in [0.15, 0.2) is 309 Å². The second-order valence-electron chi connectivity index (χ2n) is 23.4. The van der Waals surface area contributed by atoms with Gasteiger partial charge in [-0.2, -0.15) is 0 Å². The molecule has 2 spiro atoms. The van der Waals surface area contributed by atoms with Crippen LogP contribution in [0.4, 0.5) is 0 Å². The molecule has 0 unspecified atom stereocenters. The van der Waals surface area contributed by atoms with Gasteiger partial charge in [-0.05, 0) is 120 Å². The molecule has 4 aliphatic rings. The topological polar surface area (TPSA) is 61.3 Å². The largest absolute Gasteiger partial charge is 0.457 e. The normalized spacial score (nSPS) is 13.8. The minimum atomic E-state index is -3.24. The molecular weight excluding hydrogens is 1120 g/mol. The SMILES string of the molecule is O=P(c1ccccc1)(c1ccccc1)c1cccc(-c2ccc3c(c2)Oc2cc(-c4cccc(-c5nnc(-c6cccc(-c7ccc8c(c7)Oc7ccccc7C87c8ccccc8-c8ccccc87)c6)s5)c4)ccc2C32c3ccccc3-c3ccccc32)c1. The van der Waals surface area contributed by atoms with Crippen LogP contribution >= 0.6 is 18.5 Å². The Kier molecular flexibility index (Phi) is 11.5. The summed E-state index contributed by atoms with van der Waals surface area (Å²) in [5.41, 5.74) is 21.3. The standard InChI is InChI=1S/C82H51N2O3PS/c85-88(60-25-3-1-4-26-60,61-27-5-2-6-28-61)62-29-19-22-54(48-62)57-42-45-74-78(51-57)87-77-50-56(41-44-73(77)82(74)69-36-13-9-32-65(69)66-33-10-14-37-70(66)82)53-21-18-24-59(47-53)80-84-83-79(89-80)58-23-17-20-52(46-58)55-40-43-72-76(49-55)86-75-39-16-15-38-71(75)81(72)67-34-11-7-30-63(67)64-31-8-12-35-68(64)81/h1-51H. The molecule has 0 atom stereocenters. The van der Waals surface area contributed by atoms with Crippen molar-refractivity contribution in [3.05, 3.63) is 354 Å². The van der Waals surface area contributed by atoms with Gasteiger partial charge in [0.15, 0.2) is 7.14 Å². The second-order valence-corrected chi connectivity index (χ2v) is 27.2. The van der Waals surface area contributed by atoms with Gasteiger partial charge in [-0.15, -0.1) is 10.2 Å². The highest BCUT2D eigenvalue weighted by Crippen LogP contribution is 2.64. The fraction of sp³-hybridized carbons (Fsp3) is 0.0244. The van der Waals surface area contributed by atoms with Gasteiger partial charge in [0.2, 0.25) is 0 Å². The quantitative estimate of drug-likeness (QED) is 0.142. The lowest BCUT2D eigenvalue weighted by atomic mass is 9.65. The van der Waals surface area contributed by atoms with E-state index in [0.717, 1.165) is 116 Å². The van der Waals surface area contributed by atoms with Crippen LogP contribution < -0.4 is 25.4 Å². The van der Waals surface area contributed by atoms with Crippen LogP contribution in [-0.4, -0.2) is 10.2 Å². The third-order valence-corrected chi connectivity index (χ3v) is 23.0. The van der Waals surface area contributed by atoms with E-state index in [1.54, 1.807) is 11.3 Å². The van der Waals surface area contributed by atoms with Crippen LogP contribution in [0.2, 0.25) is 0 Å². The number of para-hydroxylation sites is 1. The summed E-state index contributed by atoms with van der Waals surface area (Å²) in [6.07, 6.45) is 0. The lowest BCUT2D eigenvalue weighted by Crippen LogP contribution is -2.32. The number of ether oxygens (including phenoxy) is 2. The first-order valence-electron chi connectivity index (χ1n) is 30.1. The van der Waals surface area contributed by atoms with Crippen LogP contribution in [-0.2, 0) is 15.4 Å². The molecule has 18 rings (SSSR count). The van der Waals surface area contributed by atoms with Gasteiger partial charge in [-0.1, -0.05) is 278 Å². The molecule has 0 N–H and O–H groups in total. The Morgan fingerprint density at radius 1 is 0.258 bits per heavy atom. The molecule has 0 radical (unpaired) electrons. The first-order valence-corrected chi connectivity index (χ1v) is 32.6. The molecule has 7 heteroatoms. The van der Waals surface area contributed by atoms with Crippen molar-refractivity contribution in [2.24, 2.45) is 0 Å². The monoisotopic (exact) mass is 1170 g/mol. The Balaban J connectivity index is 0.691. The van der Waals surface area contributed by atoms with E-state index in [1.807, 2.05) is 72.8 Å². The molecule has 418 valence electrons. The lowest BCUT2D eigenvalue weighted by molar-refractivity contribution is 0.436. The predicted molar refractivity (Wildman–Crippen MR) is 361 cm³/mol. The molecule has 0 bridgehead atoms. The van der Waals surface area contributed by atoms with E-state index in [1.165, 1.54) is 44.5 Å². The predicted octanol–water partition coefficient (Wildman–Crippen LogP) is 19.5. The molecule has 14 aromatic rings. The first-order chi connectivity index (χ1) is 44.0. The molecule has 89 heavy (non-hydrogen) atoms. The van der Waals surface area contributed by atoms with Gasteiger partial charge in [0.25, 0.3) is 0 Å². The fourth-order valence-electron chi connectivity index (χ4n) is 15.0. The van der Waals surface area contributed by atoms with Crippen molar-refractivity contribution >= 4 is 34.4 Å². The molecule has 2 aliphatic heterocycles. The van der Waals surface area contributed by atoms with E-state index < -0.39 is 18.0 Å². The van der Waals surface area contributed by atoms with E-state index in [2.05, 4.69) is 237 Å². The molecule has 13 aromatic carbocycles. The maximum absolute atomic E-state index is 15.6. The van der Waals surface area contributed by atoms with E-state index >= 15 is 4.57 Å². The average Bonchev–Trinajstić information content (AvgIpc) is 1.59. The third-order valence-electron chi connectivity index (χ3n) is 18.9. The number of rotatable bonds is 8. The summed E-state index contributed by atoms with van der Waals surface area (Å²) in [7, 11) is -3.24. The molecule has 0 fully saturated rings. The highest BCUT2D eigenvalue weighted by Gasteiger charge is 2.53. The highest BCUT2D eigenvalue weighted by atomic mass is 32.1. The van der Waals surface area contributed by atoms with Crippen molar-refractivity contribution in [3.8, 4) is 99.8 Å². The zero-order valence-electron chi connectivity index (χ0n) is 47.9. The Labute approximate surface area is 519 Å². The highest BCUT2D eigenvalue weighted by molar-refractivity contribution is 7.85. The lowest BCUT2D eigenvalue weighted by Gasteiger charge is -2.39. The Morgan fingerprint density at radius 2 is 0.573 bits per heavy atom. The number of fused-ring (bicyclic) bond motifs is 18. The van der Waals surface area contributed by atoms with Crippen molar-refractivity contribution < 1.29 is 14.0 Å². The summed E-state index contributed by atoms with van der Waals surface area (Å²) in [4.78, 5) is 0. The number of hydrogen-bond donors (Lipinski definition) is 0. The van der Waals surface area contributed by atoms with Gasteiger partial charge in [0.1, 0.15) is 33.0 Å². The van der Waals surface area contributed by atoms with Crippen molar-refractivity contribution in [1.29, 1.82) is 0 Å². The Hall–Kier alpha value is -10.8. The van der Waals surface area contributed by atoms with Gasteiger partial charge >= 0.3 is 0 Å². The van der Waals surface area contributed by atoms with Crippen LogP contribution in [0.5, 0.6) is 23.0 Å². The van der Waals surface area contributed by atoms with Crippen LogP contribution in [0.1, 0.15) is 44.5 Å². The van der Waals surface area contributed by atoms with E-state index in [-0.39, 0.29) is 0 Å². The zero-order chi connectivity index (χ0) is 58.8. The molecule has 0 amide bonds. The fourth-order valence-corrected chi connectivity index (χ4v) is 18.6. The Morgan fingerprint density at radius 3 is 1.01 bits per heavy atom.